The molecule has 1 aromatic heterocycles. The summed E-state index contributed by atoms with van der Waals surface area (Å²) < 4.78 is 1.73. The van der Waals surface area contributed by atoms with Gasteiger partial charge in [-0.25, -0.2) is 0 Å². The molecule has 1 aliphatic rings. The molecule has 0 bridgehead atoms. The molecule has 7 heteroatoms. The monoisotopic (exact) mass is 428 g/mol. The van der Waals surface area contributed by atoms with Crippen molar-refractivity contribution in [3.63, 3.8) is 0 Å². The summed E-state index contributed by atoms with van der Waals surface area (Å²) in [5.41, 5.74) is 1.09. The second kappa shape index (κ2) is 8.67. The fourth-order valence-electron chi connectivity index (χ4n) is 4.35. The maximum atomic E-state index is 13.6. The van der Waals surface area contributed by atoms with Gasteiger partial charge in [-0.2, -0.15) is 5.10 Å². The number of nitrogens with zero attached hydrogens (tertiary/aromatic N) is 3. The molecule has 3 aromatic rings. The van der Waals surface area contributed by atoms with E-state index < -0.39 is 11.4 Å². The maximum absolute atomic E-state index is 13.6. The number of Topliss-reactive ketones (excluding diaryl/α,β-unsaturated/α-hetero) is 1. The number of carbonyl (C=O) groups is 3. The van der Waals surface area contributed by atoms with Crippen molar-refractivity contribution in [2.45, 2.75) is 37.8 Å². The Morgan fingerprint density at radius 3 is 2.59 bits per heavy atom. The van der Waals surface area contributed by atoms with Gasteiger partial charge in [-0.3, -0.25) is 24.0 Å². The van der Waals surface area contributed by atoms with Crippen LogP contribution in [-0.2, 0) is 28.0 Å². The van der Waals surface area contributed by atoms with Crippen LogP contribution in [-0.4, -0.2) is 32.9 Å². The maximum Gasteiger partial charge on any atom is 0.303 e. The van der Waals surface area contributed by atoms with E-state index in [1.165, 1.54) is 4.90 Å². The molecule has 0 radical (unpaired) electrons. The lowest BCUT2D eigenvalue weighted by Gasteiger charge is -2.43. The first-order chi connectivity index (χ1) is 15.4. The Morgan fingerprint density at radius 1 is 1.19 bits per heavy atom. The number of rotatable bonds is 5. The number of carbonyl (C=O) groups excluding carboxylic acids is 3. The van der Waals surface area contributed by atoms with Crippen LogP contribution in [0.25, 0.3) is 10.9 Å². The number of anilines is 1. The number of amides is 2. The highest BCUT2D eigenvalue weighted by Gasteiger charge is 2.49. The molecule has 0 unspecified atom stereocenters. The molecule has 0 saturated heterocycles. The minimum absolute atomic E-state index is 0.0762. The van der Waals surface area contributed by atoms with Crippen LogP contribution < -0.4 is 10.2 Å². The predicted molar refractivity (Wildman–Crippen MR) is 122 cm³/mol. The molecule has 0 atom stereocenters. The van der Waals surface area contributed by atoms with E-state index in [9.17, 15) is 14.4 Å². The average Bonchev–Trinajstić information content (AvgIpc) is 3.19. The molecular weight excluding hydrogens is 404 g/mol. The summed E-state index contributed by atoms with van der Waals surface area (Å²) in [5.74, 6) is 1.33. The highest BCUT2D eigenvalue weighted by atomic mass is 16.2. The largest absolute Gasteiger partial charge is 0.350 e. The fraction of sp³-hybridized carbons (Fsp3) is 0.280. The van der Waals surface area contributed by atoms with E-state index in [0.29, 0.717) is 12.2 Å². The van der Waals surface area contributed by atoms with Gasteiger partial charge in [-0.1, -0.05) is 30.3 Å². The summed E-state index contributed by atoms with van der Waals surface area (Å²) in [4.78, 5) is 40.1. The molecule has 0 aliphatic heterocycles. The third-order valence-electron chi connectivity index (χ3n) is 6.10. The molecule has 1 fully saturated rings. The van der Waals surface area contributed by atoms with Crippen LogP contribution in [0.4, 0.5) is 5.69 Å². The summed E-state index contributed by atoms with van der Waals surface area (Å²) in [6.07, 6.45) is 8.07. The Hall–Kier alpha value is -3.92. The molecule has 2 aromatic carbocycles. The van der Waals surface area contributed by atoms with Crippen LogP contribution in [0.1, 0.15) is 31.2 Å². The SMILES string of the molecule is C#CC(=O)N(c1ccc2c(cnn2C)c1)C1(C(=O)NCc2ccccc2)CCC(=O)CC1. The van der Waals surface area contributed by atoms with E-state index in [4.69, 9.17) is 6.42 Å². The molecule has 1 N–H and O–H groups in total. The summed E-state index contributed by atoms with van der Waals surface area (Å²) in [6.45, 7) is 0.315. The molecule has 1 saturated carbocycles. The second-order valence-electron chi connectivity index (χ2n) is 8.03. The van der Waals surface area contributed by atoms with Gasteiger partial charge in [0.1, 0.15) is 11.3 Å². The Bertz CT molecular complexity index is 1210. The van der Waals surface area contributed by atoms with Crippen LogP contribution >= 0.6 is 0 Å². The Kier molecular flexibility index (Phi) is 5.78. The molecule has 2 amide bonds. The van der Waals surface area contributed by atoms with E-state index in [1.54, 1.807) is 23.0 Å². The number of nitrogens with one attached hydrogen (secondary N) is 1. The summed E-state index contributed by atoms with van der Waals surface area (Å²) in [7, 11) is 1.83. The fourth-order valence-corrected chi connectivity index (χ4v) is 4.35. The lowest BCUT2D eigenvalue weighted by molar-refractivity contribution is -0.133. The van der Waals surface area contributed by atoms with E-state index in [0.717, 1.165) is 16.5 Å². The van der Waals surface area contributed by atoms with E-state index in [-0.39, 0.29) is 37.4 Å². The number of benzene rings is 2. The number of ketones is 1. The standard InChI is InChI=1S/C25H24N4O3/c1-3-23(31)29(20-9-10-22-19(15-20)17-27-28(22)2)25(13-11-21(30)12-14-25)24(32)26-16-18-7-5-4-6-8-18/h1,4-10,15,17H,11-14,16H2,2H3,(H,26,32). The van der Waals surface area contributed by atoms with Crippen molar-refractivity contribution in [3.8, 4) is 12.3 Å². The number of hydrogen-bond acceptors (Lipinski definition) is 4. The first-order valence-electron chi connectivity index (χ1n) is 10.5. The van der Waals surface area contributed by atoms with Crippen molar-refractivity contribution in [1.29, 1.82) is 0 Å². The predicted octanol–water partition coefficient (Wildman–Crippen LogP) is 2.74. The van der Waals surface area contributed by atoms with E-state index in [1.807, 2.05) is 43.4 Å². The van der Waals surface area contributed by atoms with Gasteiger partial charge in [0.05, 0.1) is 11.7 Å². The average molecular weight is 428 g/mol. The van der Waals surface area contributed by atoms with Crippen molar-refractivity contribution in [1.82, 2.24) is 15.1 Å². The Balaban J connectivity index is 1.75. The summed E-state index contributed by atoms with van der Waals surface area (Å²) in [5, 5.41) is 8.04. The van der Waals surface area contributed by atoms with Gasteiger partial charge in [0.25, 0.3) is 0 Å². The Morgan fingerprint density at radius 2 is 1.91 bits per heavy atom. The van der Waals surface area contributed by atoms with Crippen molar-refractivity contribution in [3.05, 3.63) is 60.3 Å². The molecule has 162 valence electrons. The van der Waals surface area contributed by atoms with Crippen LogP contribution in [0.3, 0.4) is 0 Å². The van der Waals surface area contributed by atoms with E-state index in [2.05, 4.69) is 16.3 Å². The van der Waals surface area contributed by atoms with Gasteiger partial charge in [-0.05, 0) is 42.5 Å². The van der Waals surface area contributed by atoms with Gasteiger partial charge in [0.2, 0.25) is 5.91 Å². The summed E-state index contributed by atoms with van der Waals surface area (Å²) in [6, 6.07) is 14.9. The van der Waals surface area contributed by atoms with Gasteiger partial charge in [0, 0.05) is 37.5 Å². The zero-order valence-electron chi connectivity index (χ0n) is 17.9. The van der Waals surface area contributed by atoms with Gasteiger partial charge in [-0.15, -0.1) is 6.42 Å². The molecule has 1 heterocycles. The lowest BCUT2D eigenvalue weighted by atomic mass is 9.78. The summed E-state index contributed by atoms with van der Waals surface area (Å²) >= 11 is 0. The highest BCUT2D eigenvalue weighted by molar-refractivity contribution is 6.12. The first kappa shape index (κ1) is 21.3. The molecule has 32 heavy (non-hydrogen) atoms. The van der Waals surface area contributed by atoms with Crippen LogP contribution in [0.2, 0.25) is 0 Å². The molecule has 4 rings (SSSR count). The van der Waals surface area contributed by atoms with Gasteiger partial charge in [0.15, 0.2) is 0 Å². The normalized spacial score (nSPS) is 15.2. The lowest BCUT2D eigenvalue weighted by Crippen LogP contribution is -2.62. The minimum atomic E-state index is -1.25. The number of aromatic nitrogens is 2. The Labute approximate surface area is 186 Å². The zero-order valence-corrected chi connectivity index (χ0v) is 17.9. The smallest absolute Gasteiger partial charge is 0.303 e. The second-order valence-corrected chi connectivity index (χ2v) is 8.03. The molecule has 0 spiro atoms. The number of hydrogen-bond donors (Lipinski definition) is 1. The molecular formula is C25H24N4O3. The van der Waals surface area contributed by atoms with E-state index >= 15 is 0 Å². The molecule has 1 aliphatic carbocycles. The third kappa shape index (κ3) is 3.87. The van der Waals surface area contributed by atoms with Gasteiger partial charge >= 0.3 is 5.91 Å². The highest BCUT2D eigenvalue weighted by Crippen LogP contribution is 2.37. The zero-order chi connectivity index (χ0) is 22.7. The van der Waals surface area contributed by atoms with Crippen LogP contribution in [0.5, 0.6) is 0 Å². The van der Waals surface area contributed by atoms with Crippen LogP contribution in [0.15, 0.2) is 54.7 Å². The van der Waals surface area contributed by atoms with Crippen LogP contribution in [0, 0.1) is 12.3 Å². The van der Waals surface area contributed by atoms with Gasteiger partial charge < -0.3 is 5.32 Å². The topological polar surface area (TPSA) is 84.3 Å². The van der Waals surface area contributed by atoms with Crippen molar-refractivity contribution in [2.75, 3.05) is 4.90 Å². The quantitative estimate of drug-likeness (QED) is 0.634. The van der Waals surface area contributed by atoms with Crippen molar-refractivity contribution >= 4 is 34.2 Å². The number of fused-ring (bicyclic) bond motifs is 1. The number of aryl methyl sites for hydroxylation is 1. The molecule has 7 nitrogen and oxygen atoms in total. The van der Waals surface area contributed by atoms with Crippen molar-refractivity contribution < 1.29 is 14.4 Å². The first-order valence-corrected chi connectivity index (χ1v) is 10.5. The third-order valence-corrected chi connectivity index (χ3v) is 6.10. The number of terminal acetylenes is 1. The van der Waals surface area contributed by atoms with Crippen molar-refractivity contribution in [2.24, 2.45) is 7.05 Å². The minimum Gasteiger partial charge on any atom is -0.350 e.